The smallest absolute Gasteiger partial charge is 0.271 e. The molecular formula is C22H26N6O. The van der Waals surface area contributed by atoms with E-state index in [2.05, 4.69) is 26.3 Å². The monoisotopic (exact) mass is 390 g/mol. The van der Waals surface area contributed by atoms with Crippen molar-refractivity contribution in [3.8, 4) is 6.07 Å². The molecule has 1 saturated heterocycles. The highest BCUT2D eigenvalue weighted by atomic mass is 16.1. The molecule has 7 nitrogen and oxygen atoms in total. The van der Waals surface area contributed by atoms with Gasteiger partial charge in [-0.1, -0.05) is 25.0 Å². The maximum Gasteiger partial charge on any atom is 0.271 e. The van der Waals surface area contributed by atoms with Gasteiger partial charge in [0.2, 0.25) is 0 Å². The lowest BCUT2D eigenvalue weighted by Gasteiger charge is -2.28. The zero-order valence-electron chi connectivity index (χ0n) is 16.5. The second-order valence-corrected chi connectivity index (χ2v) is 7.94. The summed E-state index contributed by atoms with van der Waals surface area (Å²) in [6.07, 6.45) is 9.11. The van der Waals surface area contributed by atoms with Crippen molar-refractivity contribution in [2.24, 2.45) is 5.73 Å². The van der Waals surface area contributed by atoms with Crippen molar-refractivity contribution >= 4 is 23.2 Å². The van der Waals surface area contributed by atoms with E-state index < -0.39 is 5.91 Å². The molecule has 1 saturated carbocycles. The van der Waals surface area contributed by atoms with Crippen molar-refractivity contribution in [2.75, 3.05) is 23.3 Å². The fraction of sp³-hybridized carbons (Fsp3) is 0.455. The number of nitriles is 1. The third-order valence-corrected chi connectivity index (χ3v) is 6.04. The number of anilines is 3. The Morgan fingerprint density at radius 3 is 2.41 bits per heavy atom. The van der Waals surface area contributed by atoms with E-state index in [4.69, 9.17) is 5.73 Å². The topological polar surface area (TPSA) is 108 Å². The van der Waals surface area contributed by atoms with E-state index in [-0.39, 0.29) is 11.1 Å². The predicted octanol–water partition coefficient (Wildman–Crippen LogP) is 3.64. The maximum absolute atomic E-state index is 11.8. The average molecular weight is 390 g/mol. The zero-order valence-corrected chi connectivity index (χ0v) is 16.5. The van der Waals surface area contributed by atoms with Crippen LogP contribution >= 0.6 is 0 Å². The van der Waals surface area contributed by atoms with Gasteiger partial charge in [-0.15, -0.1) is 0 Å². The first-order valence-electron chi connectivity index (χ1n) is 10.3. The van der Waals surface area contributed by atoms with Crippen molar-refractivity contribution in [1.29, 1.82) is 5.26 Å². The van der Waals surface area contributed by atoms with E-state index in [0.717, 1.165) is 68.7 Å². The van der Waals surface area contributed by atoms with Crippen LogP contribution in [0.3, 0.4) is 0 Å². The Balaban J connectivity index is 1.59. The van der Waals surface area contributed by atoms with Crippen molar-refractivity contribution < 1.29 is 4.79 Å². The average Bonchev–Trinajstić information content (AvgIpc) is 3.25. The SMILES string of the molecule is N#CC1(c2ccc(Nc3nc(N4CCCCC4)cnc3C(N)=O)cc2)CCCC1. The predicted molar refractivity (Wildman–Crippen MR) is 112 cm³/mol. The second kappa shape index (κ2) is 8.08. The van der Waals surface area contributed by atoms with E-state index >= 15 is 0 Å². The van der Waals surface area contributed by atoms with E-state index in [1.54, 1.807) is 6.20 Å². The van der Waals surface area contributed by atoms with Crippen LogP contribution in [0.15, 0.2) is 30.5 Å². The van der Waals surface area contributed by atoms with Crippen LogP contribution in [0.4, 0.5) is 17.3 Å². The largest absolute Gasteiger partial charge is 0.364 e. The summed E-state index contributed by atoms with van der Waals surface area (Å²) in [5, 5.41) is 12.9. The number of nitrogens with one attached hydrogen (secondary N) is 1. The summed E-state index contributed by atoms with van der Waals surface area (Å²) in [6, 6.07) is 10.3. The summed E-state index contributed by atoms with van der Waals surface area (Å²) >= 11 is 0. The molecule has 1 aliphatic heterocycles. The molecular weight excluding hydrogens is 364 g/mol. The van der Waals surface area contributed by atoms with E-state index in [1.807, 2.05) is 24.3 Å². The molecule has 2 aromatic rings. The standard InChI is InChI=1S/C22H26N6O/c23-15-22(10-2-3-11-22)16-6-8-17(9-7-16)26-21-19(20(24)29)25-14-18(27-21)28-12-4-1-5-13-28/h6-9,14H,1-5,10-13H2,(H2,24,29)(H,26,27). The quantitative estimate of drug-likeness (QED) is 0.807. The molecule has 1 amide bonds. The molecule has 0 unspecified atom stereocenters. The summed E-state index contributed by atoms with van der Waals surface area (Å²) in [5.41, 5.74) is 7.09. The third-order valence-electron chi connectivity index (χ3n) is 6.04. The second-order valence-electron chi connectivity index (χ2n) is 7.94. The normalized spacial score (nSPS) is 18.2. The first-order valence-corrected chi connectivity index (χ1v) is 10.3. The third kappa shape index (κ3) is 3.88. The molecule has 1 aromatic heterocycles. The van der Waals surface area contributed by atoms with Gasteiger partial charge in [0.1, 0.15) is 5.82 Å². The van der Waals surface area contributed by atoms with Crippen LogP contribution in [0.2, 0.25) is 0 Å². The van der Waals surface area contributed by atoms with Gasteiger partial charge in [0.15, 0.2) is 11.5 Å². The van der Waals surface area contributed by atoms with E-state index in [0.29, 0.717) is 5.82 Å². The number of rotatable bonds is 5. The Hall–Kier alpha value is -3.14. The Morgan fingerprint density at radius 1 is 1.10 bits per heavy atom. The minimum absolute atomic E-state index is 0.124. The van der Waals surface area contributed by atoms with Crippen molar-refractivity contribution in [1.82, 2.24) is 9.97 Å². The van der Waals surface area contributed by atoms with Crippen LogP contribution in [-0.2, 0) is 5.41 Å². The maximum atomic E-state index is 11.8. The number of nitrogens with zero attached hydrogens (tertiary/aromatic N) is 4. The van der Waals surface area contributed by atoms with Gasteiger partial charge in [0, 0.05) is 18.8 Å². The van der Waals surface area contributed by atoms with Gasteiger partial charge in [-0.25, -0.2) is 9.97 Å². The van der Waals surface area contributed by atoms with Crippen molar-refractivity contribution in [3.63, 3.8) is 0 Å². The minimum Gasteiger partial charge on any atom is -0.364 e. The van der Waals surface area contributed by atoms with Crippen LogP contribution in [0.5, 0.6) is 0 Å². The Kier molecular flexibility index (Phi) is 5.34. The molecule has 1 aromatic carbocycles. The lowest BCUT2D eigenvalue weighted by Crippen LogP contribution is -2.31. The van der Waals surface area contributed by atoms with Crippen molar-refractivity contribution in [2.45, 2.75) is 50.4 Å². The highest BCUT2D eigenvalue weighted by molar-refractivity contribution is 5.96. The molecule has 2 fully saturated rings. The zero-order chi connectivity index (χ0) is 20.3. The van der Waals surface area contributed by atoms with Gasteiger partial charge in [-0.3, -0.25) is 4.79 Å². The number of nitrogens with two attached hydrogens (primary N) is 1. The van der Waals surface area contributed by atoms with Gasteiger partial charge in [-0.05, 0) is 49.8 Å². The number of carbonyl (C=O) groups excluding carboxylic acids is 1. The molecule has 4 rings (SSSR count). The molecule has 7 heteroatoms. The Bertz CT molecular complexity index is 921. The minimum atomic E-state index is -0.615. The molecule has 0 radical (unpaired) electrons. The number of primary amides is 1. The number of hydrogen-bond acceptors (Lipinski definition) is 6. The summed E-state index contributed by atoms with van der Waals surface area (Å²) in [5.74, 6) is 0.503. The molecule has 0 atom stereocenters. The van der Waals surface area contributed by atoms with Gasteiger partial charge in [0.25, 0.3) is 5.91 Å². The first-order chi connectivity index (χ1) is 14.1. The van der Waals surface area contributed by atoms with Crippen LogP contribution in [-0.4, -0.2) is 29.0 Å². The Labute approximate surface area is 170 Å². The number of hydrogen-bond donors (Lipinski definition) is 2. The fourth-order valence-corrected chi connectivity index (χ4v) is 4.38. The summed E-state index contributed by atoms with van der Waals surface area (Å²) in [4.78, 5) is 22.9. The van der Waals surface area contributed by atoms with Gasteiger partial charge in [-0.2, -0.15) is 5.26 Å². The molecule has 0 bridgehead atoms. The lowest BCUT2D eigenvalue weighted by atomic mass is 9.80. The number of benzene rings is 1. The van der Waals surface area contributed by atoms with Crippen LogP contribution in [0.25, 0.3) is 0 Å². The van der Waals surface area contributed by atoms with E-state index in [9.17, 15) is 10.1 Å². The molecule has 1 aliphatic carbocycles. The molecule has 2 aliphatic rings. The van der Waals surface area contributed by atoms with Crippen molar-refractivity contribution in [3.05, 3.63) is 41.7 Å². The lowest BCUT2D eigenvalue weighted by molar-refractivity contribution is 0.0996. The van der Waals surface area contributed by atoms with Gasteiger partial charge < -0.3 is 16.0 Å². The molecule has 0 spiro atoms. The molecule has 2 heterocycles. The molecule has 3 N–H and O–H groups in total. The van der Waals surface area contributed by atoms with Crippen LogP contribution in [0.1, 0.15) is 61.0 Å². The highest BCUT2D eigenvalue weighted by Crippen LogP contribution is 2.40. The van der Waals surface area contributed by atoms with Gasteiger partial charge >= 0.3 is 0 Å². The molecule has 150 valence electrons. The van der Waals surface area contributed by atoms with Gasteiger partial charge in [0.05, 0.1) is 17.7 Å². The van der Waals surface area contributed by atoms with E-state index in [1.165, 1.54) is 6.42 Å². The number of carbonyl (C=O) groups is 1. The van der Waals surface area contributed by atoms with Crippen LogP contribution in [0, 0.1) is 11.3 Å². The first kappa shape index (κ1) is 19.2. The number of amides is 1. The number of piperidine rings is 1. The fourth-order valence-electron chi connectivity index (χ4n) is 4.38. The summed E-state index contributed by atoms with van der Waals surface area (Å²) in [6.45, 7) is 1.88. The molecule has 29 heavy (non-hydrogen) atoms. The van der Waals surface area contributed by atoms with Crippen LogP contribution < -0.4 is 16.0 Å². The number of aromatic nitrogens is 2. The summed E-state index contributed by atoms with van der Waals surface area (Å²) < 4.78 is 0. The highest BCUT2D eigenvalue weighted by Gasteiger charge is 2.35. The Morgan fingerprint density at radius 2 is 1.79 bits per heavy atom. The summed E-state index contributed by atoms with van der Waals surface area (Å²) in [7, 11) is 0.